The molecule has 98 valence electrons. The molecule has 3 rings (SSSR count). The molecule has 0 saturated carbocycles. The Hall–Kier alpha value is -1.06. The summed E-state index contributed by atoms with van der Waals surface area (Å²) in [6, 6.07) is 8.99. The molecule has 3 nitrogen and oxygen atoms in total. The lowest BCUT2D eigenvalue weighted by molar-refractivity contribution is -0.136. The van der Waals surface area contributed by atoms with Crippen LogP contribution >= 0.6 is 0 Å². The third-order valence-electron chi connectivity index (χ3n) is 4.08. The van der Waals surface area contributed by atoms with Crippen molar-refractivity contribution in [1.82, 2.24) is 4.90 Å². The van der Waals surface area contributed by atoms with Gasteiger partial charge in [-0.1, -0.05) is 18.6 Å². The van der Waals surface area contributed by atoms with Crippen molar-refractivity contribution < 1.29 is 9.47 Å². The Kier molecular flexibility index (Phi) is 3.52. The quantitative estimate of drug-likeness (QED) is 0.802. The van der Waals surface area contributed by atoms with Gasteiger partial charge in [0.1, 0.15) is 12.0 Å². The SMILES string of the molecule is COc1cccc(C2OCCC3CCCCN32)c1. The van der Waals surface area contributed by atoms with Crippen LogP contribution in [-0.2, 0) is 4.74 Å². The summed E-state index contributed by atoms with van der Waals surface area (Å²) < 4.78 is 11.3. The highest BCUT2D eigenvalue weighted by atomic mass is 16.5. The zero-order valence-corrected chi connectivity index (χ0v) is 11.0. The molecule has 1 aromatic carbocycles. The van der Waals surface area contributed by atoms with Crippen molar-refractivity contribution in [3.63, 3.8) is 0 Å². The summed E-state index contributed by atoms with van der Waals surface area (Å²) in [5.41, 5.74) is 1.22. The Bertz CT molecular complexity index is 405. The molecule has 2 fully saturated rings. The van der Waals surface area contributed by atoms with Gasteiger partial charge in [-0.05, 0) is 37.0 Å². The minimum Gasteiger partial charge on any atom is -0.497 e. The monoisotopic (exact) mass is 247 g/mol. The first-order valence-corrected chi connectivity index (χ1v) is 6.90. The van der Waals surface area contributed by atoms with E-state index in [1.807, 2.05) is 12.1 Å². The Morgan fingerprint density at radius 1 is 1.28 bits per heavy atom. The highest BCUT2D eigenvalue weighted by Gasteiger charge is 2.33. The van der Waals surface area contributed by atoms with Gasteiger partial charge in [-0.25, -0.2) is 0 Å². The van der Waals surface area contributed by atoms with E-state index in [2.05, 4.69) is 17.0 Å². The zero-order valence-electron chi connectivity index (χ0n) is 11.0. The van der Waals surface area contributed by atoms with E-state index in [0.717, 1.165) is 18.9 Å². The Morgan fingerprint density at radius 3 is 3.11 bits per heavy atom. The van der Waals surface area contributed by atoms with Gasteiger partial charge in [-0.3, -0.25) is 4.90 Å². The molecule has 1 aromatic rings. The lowest BCUT2D eigenvalue weighted by Crippen LogP contribution is -2.47. The number of hydrogen-bond acceptors (Lipinski definition) is 3. The first-order valence-electron chi connectivity index (χ1n) is 6.90. The molecule has 0 bridgehead atoms. The van der Waals surface area contributed by atoms with E-state index < -0.39 is 0 Å². The van der Waals surface area contributed by atoms with Crippen LogP contribution in [0.2, 0.25) is 0 Å². The molecule has 2 saturated heterocycles. The molecule has 2 aliphatic rings. The molecule has 3 heteroatoms. The zero-order chi connectivity index (χ0) is 12.4. The topological polar surface area (TPSA) is 21.7 Å². The summed E-state index contributed by atoms with van der Waals surface area (Å²) in [7, 11) is 1.71. The van der Waals surface area contributed by atoms with Crippen LogP contribution in [-0.4, -0.2) is 31.2 Å². The Balaban J connectivity index is 1.84. The average Bonchev–Trinajstić information content (AvgIpc) is 2.47. The minimum absolute atomic E-state index is 0.124. The second-order valence-electron chi connectivity index (χ2n) is 5.18. The van der Waals surface area contributed by atoms with E-state index in [4.69, 9.17) is 9.47 Å². The van der Waals surface area contributed by atoms with Crippen LogP contribution in [0.3, 0.4) is 0 Å². The molecule has 0 N–H and O–H groups in total. The van der Waals surface area contributed by atoms with Crippen LogP contribution in [0.1, 0.15) is 37.5 Å². The molecule has 0 aromatic heterocycles. The third-order valence-corrected chi connectivity index (χ3v) is 4.08. The van der Waals surface area contributed by atoms with Gasteiger partial charge < -0.3 is 9.47 Å². The molecular formula is C15H21NO2. The number of piperidine rings is 1. The number of benzene rings is 1. The number of methoxy groups -OCH3 is 1. The van der Waals surface area contributed by atoms with E-state index in [1.165, 1.54) is 31.2 Å². The van der Waals surface area contributed by atoms with Crippen molar-refractivity contribution >= 4 is 0 Å². The van der Waals surface area contributed by atoms with Gasteiger partial charge in [0.15, 0.2) is 0 Å². The summed E-state index contributed by atoms with van der Waals surface area (Å²) in [4.78, 5) is 2.53. The predicted molar refractivity (Wildman–Crippen MR) is 70.6 cm³/mol. The molecule has 0 radical (unpaired) electrons. The summed E-state index contributed by atoms with van der Waals surface area (Å²) in [5, 5.41) is 0. The number of hydrogen-bond donors (Lipinski definition) is 0. The van der Waals surface area contributed by atoms with Gasteiger partial charge in [-0.2, -0.15) is 0 Å². The third kappa shape index (κ3) is 2.25. The summed E-state index contributed by atoms with van der Waals surface area (Å²) in [6.07, 6.45) is 5.29. The van der Waals surface area contributed by atoms with Crippen molar-refractivity contribution in [2.24, 2.45) is 0 Å². The molecule has 2 heterocycles. The standard InChI is InChI=1S/C15H21NO2/c1-17-14-7-4-5-12(11-14)15-16-9-3-2-6-13(16)8-10-18-15/h4-5,7,11,13,15H,2-3,6,8-10H2,1H3. The number of fused-ring (bicyclic) bond motifs is 1. The summed E-state index contributed by atoms with van der Waals surface area (Å²) in [5.74, 6) is 0.912. The van der Waals surface area contributed by atoms with Crippen molar-refractivity contribution in [2.75, 3.05) is 20.3 Å². The van der Waals surface area contributed by atoms with Gasteiger partial charge in [0.05, 0.1) is 13.7 Å². The summed E-state index contributed by atoms with van der Waals surface area (Å²) in [6.45, 7) is 2.04. The van der Waals surface area contributed by atoms with Gasteiger partial charge in [0.2, 0.25) is 0 Å². The average molecular weight is 247 g/mol. The second kappa shape index (κ2) is 5.29. The fraction of sp³-hybridized carbons (Fsp3) is 0.600. The molecule has 18 heavy (non-hydrogen) atoms. The van der Waals surface area contributed by atoms with Crippen LogP contribution in [0.5, 0.6) is 5.75 Å². The lowest BCUT2D eigenvalue weighted by Gasteiger charge is -2.44. The van der Waals surface area contributed by atoms with E-state index >= 15 is 0 Å². The maximum absolute atomic E-state index is 6.00. The van der Waals surface area contributed by atoms with Crippen molar-refractivity contribution in [2.45, 2.75) is 38.0 Å². The molecule has 0 spiro atoms. The molecule has 2 atom stereocenters. The lowest BCUT2D eigenvalue weighted by atomic mass is 9.96. The molecule has 0 aliphatic carbocycles. The Morgan fingerprint density at radius 2 is 2.22 bits per heavy atom. The first kappa shape index (κ1) is 12.0. The van der Waals surface area contributed by atoms with Crippen molar-refractivity contribution in [1.29, 1.82) is 0 Å². The minimum atomic E-state index is 0.124. The highest BCUT2D eigenvalue weighted by molar-refractivity contribution is 5.30. The van der Waals surface area contributed by atoms with E-state index in [1.54, 1.807) is 7.11 Å². The fourth-order valence-corrected chi connectivity index (χ4v) is 3.14. The largest absolute Gasteiger partial charge is 0.497 e. The smallest absolute Gasteiger partial charge is 0.137 e. The predicted octanol–water partition coefficient (Wildman–Crippen LogP) is 2.97. The molecule has 2 aliphatic heterocycles. The normalized spacial score (nSPS) is 28.7. The first-order chi connectivity index (χ1) is 8.88. The van der Waals surface area contributed by atoms with Gasteiger partial charge in [0, 0.05) is 12.6 Å². The number of nitrogens with zero attached hydrogens (tertiary/aromatic N) is 1. The Labute approximate surface area is 109 Å². The second-order valence-corrected chi connectivity index (χ2v) is 5.18. The van der Waals surface area contributed by atoms with Crippen LogP contribution in [0.25, 0.3) is 0 Å². The summed E-state index contributed by atoms with van der Waals surface area (Å²) >= 11 is 0. The van der Waals surface area contributed by atoms with Crippen LogP contribution in [0, 0.1) is 0 Å². The van der Waals surface area contributed by atoms with Crippen LogP contribution < -0.4 is 4.74 Å². The fourth-order valence-electron chi connectivity index (χ4n) is 3.14. The maximum Gasteiger partial charge on any atom is 0.137 e. The molecule has 2 unspecified atom stereocenters. The van der Waals surface area contributed by atoms with Crippen molar-refractivity contribution in [3.8, 4) is 5.75 Å². The van der Waals surface area contributed by atoms with Gasteiger partial charge >= 0.3 is 0 Å². The molecule has 0 amide bonds. The van der Waals surface area contributed by atoms with Crippen LogP contribution in [0.4, 0.5) is 0 Å². The van der Waals surface area contributed by atoms with Crippen molar-refractivity contribution in [3.05, 3.63) is 29.8 Å². The van der Waals surface area contributed by atoms with E-state index in [0.29, 0.717) is 6.04 Å². The maximum atomic E-state index is 6.00. The number of rotatable bonds is 2. The van der Waals surface area contributed by atoms with E-state index in [9.17, 15) is 0 Å². The van der Waals surface area contributed by atoms with Gasteiger partial charge in [-0.15, -0.1) is 0 Å². The van der Waals surface area contributed by atoms with E-state index in [-0.39, 0.29) is 6.23 Å². The highest BCUT2D eigenvalue weighted by Crippen LogP contribution is 2.35. The van der Waals surface area contributed by atoms with Gasteiger partial charge in [0.25, 0.3) is 0 Å². The molecular weight excluding hydrogens is 226 g/mol. The number of ether oxygens (including phenoxy) is 2. The van der Waals surface area contributed by atoms with Crippen LogP contribution in [0.15, 0.2) is 24.3 Å².